The summed E-state index contributed by atoms with van der Waals surface area (Å²) >= 11 is 0. The van der Waals surface area contributed by atoms with Gasteiger partial charge in [-0.05, 0) is 54.8 Å². The van der Waals surface area contributed by atoms with Crippen molar-refractivity contribution in [1.29, 1.82) is 0 Å². The second kappa shape index (κ2) is 7.37. The van der Waals surface area contributed by atoms with Gasteiger partial charge < -0.3 is 15.3 Å². The van der Waals surface area contributed by atoms with Crippen LogP contribution in [0.15, 0.2) is 36.5 Å². The number of piperazine rings is 1. The Kier molecular flexibility index (Phi) is 4.77. The number of aromatic hydroxyl groups is 1. The number of nitrogens with one attached hydrogen (secondary N) is 1. The summed E-state index contributed by atoms with van der Waals surface area (Å²) in [5, 5.41) is 14.7. The van der Waals surface area contributed by atoms with E-state index in [2.05, 4.69) is 32.3 Å². The molecule has 3 heterocycles. The molecule has 5 nitrogen and oxygen atoms in total. The first-order valence-corrected chi connectivity index (χ1v) is 9.31. The molecule has 5 heteroatoms. The predicted octanol–water partition coefficient (Wildman–Crippen LogP) is 3.53. The van der Waals surface area contributed by atoms with E-state index in [0.29, 0.717) is 5.52 Å². The Labute approximate surface area is 159 Å². The number of hydrogen-bond donors (Lipinski definition) is 2. The van der Waals surface area contributed by atoms with Gasteiger partial charge in [-0.1, -0.05) is 18.2 Å². The van der Waals surface area contributed by atoms with Crippen LogP contribution in [0, 0.1) is 13.8 Å². The fraction of sp³-hybridized carbons (Fsp3) is 0.273. The summed E-state index contributed by atoms with van der Waals surface area (Å²) in [6, 6.07) is 10.1. The Morgan fingerprint density at radius 1 is 1.04 bits per heavy atom. The molecular weight excluding hydrogens is 336 g/mol. The fourth-order valence-electron chi connectivity index (χ4n) is 3.48. The molecule has 1 aliphatic heterocycles. The predicted molar refractivity (Wildman–Crippen MR) is 111 cm³/mol. The molecule has 2 aromatic heterocycles. The Balaban J connectivity index is 1.56. The maximum atomic E-state index is 10.3. The molecule has 0 radical (unpaired) electrons. The summed E-state index contributed by atoms with van der Waals surface area (Å²) in [5.41, 5.74) is 4.47. The first-order valence-electron chi connectivity index (χ1n) is 9.31. The zero-order chi connectivity index (χ0) is 18.8. The summed E-state index contributed by atoms with van der Waals surface area (Å²) in [4.78, 5) is 11.5. The third-order valence-electron chi connectivity index (χ3n) is 5.03. The molecule has 0 spiro atoms. The summed E-state index contributed by atoms with van der Waals surface area (Å²) in [7, 11) is 0. The van der Waals surface area contributed by atoms with Crippen LogP contribution >= 0.6 is 0 Å². The SMILES string of the molecule is Cc1cc(C)c2ccc(C=Cc3ccc(N4CCNCC4)nc3)nc2c1O. The highest BCUT2D eigenvalue weighted by molar-refractivity contribution is 5.89. The highest BCUT2D eigenvalue weighted by atomic mass is 16.3. The van der Waals surface area contributed by atoms with Crippen molar-refractivity contribution in [3.8, 4) is 5.75 Å². The molecule has 0 unspecified atom stereocenters. The lowest BCUT2D eigenvalue weighted by molar-refractivity contribution is 0.476. The summed E-state index contributed by atoms with van der Waals surface area (Å²) in [6.45, 7) is 7.93. The van der Waals surface area contributed by atoms with Gasteiger partial charge in [0.2, 0.25) is 0 Å². The molecule has 1 aromatic carbocycles. The Morgan fingerprint density at radius 2 is 1.85 bits per heavy atom. The van der Waals surface area contributed by atoms with E-state index >= 15 is 0 Å². The van der Waals surface area contributed by atoms with Gasteiger partial charge in [-0.2, -0.15) is 0 Å². The van der Waals surface area contributed by atoms with E-state index in [-0.39, 0.29) is 5.75 Å². The molecule has 0 atom stereocenters. The number of aryl methyl sites for hydroxylation is 2. The Bertz CT molecular complexity index is 989. The van der Waals surface area contributed by atoms with Crippen molar-refractivity contribution < 1.29 is 5.11 Å². The van der Waals surface area contributed by atoms with Gasteiger partial charge in [0.25, 0.3) is 0 Å². The largest absolute Gasteiger partial charge is 0.505 e. The van der Waals surface area contributed by atoms with Crippen molar-refractivity contribution in [3.63, 3.8) is 0 Å². The number of anilines is 1. The normalized spacial score (nSPS) is 15.0. The lowest BCUT2D eigenvalue weighted by Crippen LogP contribution is -2.43. The monoisotopic (exact) mass is 360 g/mol. The van der Waals surface area contributed by atoms with Crippen molar-refractivity contribution in [3.05, 3.63) is 58.9 Å². The van der Waals surface area contributed by atoms with Gasteiger partial charge in [0.1, 0.15) is 17.1 Å². The van der Waals surface area contributed by atoms with Crippen molar-refractivity contribution in [2.45, 2.75) is 13.8 Å². The molecule has 0 aliphatic carbocycles. The minimum atomic E-state index is 0.257. The Morgan fingerprint density at radius 3 is 2.59 bits per heavy atom. The van der Waals surface area contributed by atoms with Gasteiger partial charge in [0, 0.05) is 37.8 Å². The minimum Gasteiger partial charge on any atom is -0.505 e. The average Bonchev–Trinajstić information content (AvgIpc) is 2.71. The van der Waals surface area contributed by atoms with Gasteiger partial charge in [-0.3, -0.25) is 0 Å². The van der Waals surface area contributed by atoms with E-state index in [9.17, 15) is 5.11 Å². The van der Waals surface area contributed by atoms with Crippen LogP contribution in [0.3, 0.4) is 0 Å². The first kappa shape index (κ1) is 17.5. The highest BCUT2D eigenvalue weighted by Crippen LogP contribution is 2.30. The second-order valence-electron chi connectivity index (χ2n) is 7.01. The smallest absolute Gasteiger partial charge is 0.144 e. The molecule has 0 amide bonds. The highest BCUT2D eigenvalue weighted by Gasteiger charge is 2.11. The van der Waals surface area contributed by atoms with Gasteiger partial charge in [0.15, 0.2) is 0 Å². The molecular formula is C22H24N4O. The molecule has 0 saturated carbocycles. The molecule has 1 fully saturated rings. The van der Waals surface area contributed by atoms with E-state index in [0.717, 1.165) is 59.8 Å². The topological polar surface area (TPSA) is 61.3 Å². The third kappa shape index (κ3) is 3.64. The number of phenolic OH excluding ortho intramolecular Hbond substituents is 1. The molecule has 3 aromatic rings. The summed E-state index contributed by atoms with van der Waals surface area (Å²) < 4.78 is 0. The standard InChI is InChI=1S/C22H24N4O/c1-15-13-16(2)22(27)21-19(15)7-6-18(25-21)5-3-17-4-8-20(24-14-17)26-11-9-23-10-12-26/h3-8,13-14,23,27H,9-12H2,1-2H3. The van der Waals surface area contributed by atoms with Crippen molar-refractivity contribution >= 4 is 28.9 Å². The second-order valence-corrected chi connectivity index (χ2v) is 7.01. The number of nitrogens with zero attached hydrogens (tertiary/aromatic N) is 3. The third-order valence-corrected chi connectivity index (χ3v) is 5.03. The summed E-state index contributed by atoms with van der Waals surface area (Å²) in [6.07, 6.45) is 5.85. The quantitative estimate of drug-likeness (QED) is 0.748. The van der Waals surface area contributed by atoms with Crippen LogP contribution < -0.4 is 10.2 Å². The number of aromatic nitrogens is 2. The molecule has 138 valence electrons. The van der Waals surface area contributed by atoms with Crippen LogP contribution in [0.25, 0.3) is 23.1 Å². The van der Waals surface area contributed by atoms with Crippen molar-refractivity contribution in [1.82, 2.24) is 15.3 Å². The van der Waals surface area contributed by atoms with Crippen LogP contribution in [0.4, 0.5) is 5.82 Å². The number of rotatable bonds is 3. The Hall–Kier alpha value is -2.92. The van der Waals surface area contributed by atoms with Crippen LogP contribution in [0.5, 0.6) is 5.75 Å². The maximum Gasteiger partial charge on any atom is 0.144 e. The van der Waals surface area contributed by atoms with Gasteiger partial charge in [-0.15, -0.1) is 0 Å². The maximum absolute atomic E-state index is 10.3. The van der Waals surface area contributed by atoms with E-state index < -0.39 is 0 Å². The van der Waals surface area contributed by atoms with E-state index in [1.165, 1.54) is 0 Å². The van der Waals surface area contributed by atoms with E-state index in [1.807, 2.05) is 50.4 Å². The lowest BCUT2D eigenvalue weighted by atomic mass is 10.0. The van der Waals surface area contributed by atoms with E-state index in [4.69, 9.17) is 0 Å². The van der Waals surface area contributed by atoms with Crippen LogP contribution in [-0.2, 0) is 0 Å². The average molecular weight is 360 g/mol. The molecule has 1 saturated heterocycles. The minimum absolute atomic E-state index is 0.257. The van der Waals surface area contributed by atoms with Gasteiger partial charge >= 0.3 is 0 Å². The zero-order valence-electron chi connectivity index (χ0n) is 15.7. The number of pyridine rings is 2. The fourth-order valence-corrected chi connectivity index (χ4v) is 3.48. The summed E-state index contributed by atoms with van der Waals surface area (Å²) in [5.74, 6) is 1.28. The van der Waals surface area contributed by atoms with Gasteiger partial charge in [0.05, 0.1) is 5.69 Å². The van der Waals surface area contributed by atoms with Crippen LogP contribution in [0.2, 0.25) is 0 Å². The molecule has 4 rings (SSSR count). The van der Waals surface area contributed by atoms with Crippen molar-refractivity contribution in [2.75, 3.05) is 31.1 Å². The van der Waals surface area contributed by atoms with Crippen LogP contribution in [-0.4, -0.2) is 41.3 Å². The molecule has 2 N–H and O–H groups in total. The molecule has 1 aliphatic rings. The van der Waals surface area contributed by atoms with Gasteiger partial charge in [-0.25, -0.2) is 9.97 Å². The number of fused-ring (bicyclic) bond motifs is 1. The van der Waals surface area contributed by atoms with E-state index in [1.54, 1.807) is 0 Å². The molecule has 0 bridgehead atoms. The number of hydrogen-bond acceptors (Lipinski definition) is 5. The first-order chi connectivity index (χ1) is 13.1. The number of benzene rings is 1. The van der Waals surface area contributed by atoms with Crippen LogP contribution in [0.1, 0.15) is 22.4 Å². The molecule has 27 heavy (non-hydrogen) atoms. The number of phenols is 1. The zero-order valence-corrected chi connectivity index (χ0v) is 15.7. The lowest BCUT2D eigenvalue weighted by Gasteiger charge is -2.28. The van der Waals surface area contributed by atoms with Crippen molar-refractivity contribution in [2.24, 2.45) is 0 Å².